The van der Waals surface area contributed by atoms with Gasteiger partial charge in [0.25, 0.3) is 0 Å². The van der Waals surface area contributed by atoms with Gasteiger partial charge in [0.05, 0.1) is 10.6 Å². The van der Waals surface area contributed by atoms with E-state index in [1.165, 1.54) is 0 Å². The molecule has 0 radical (unpaired) electrons. The van der Waals surface area contributed by atoms with Crippen molar-refractivity contribution >= 4 is 31.9 Å². The first-order valence-electron chi connectivity index (χ1n) is 5.45. The number of ether oxygens (including phenoxy) is 2. The standard InChI is InChI=1S/C11H14Br2N2O2/c1-7-3-14-5-9(17-7)6-16-11-10(13)2-8(12)4-15-11/h2,4,7,9,14H,3,5-6H2,1H3. The molecule has 1 fully saturated rings. The normalized spacial score (nSPS) is 24.6. The molecule has 2 atom stereocenters. The molecule has 4 nitrogen and oxygen atoms in total. The molecule has 94 valence electrons. The van der Waals surface area contributed by atoms with Crippen LogP contribution in [0.3, 0.4) is 0 Å². The third-order valence-corrected chi connectivity index (χ3v) is 3.41. The van der Waals surface area contributed by atoms with Crippen LogP contribution in [0.2, 0.25) is 0 Å². The first-order valence-corrected chi connectivity index (χ1v) is 7.04. The fraction of sp³-hybridized carbons (Fsp3) is 0.545. The number of hydrogen-bond acceptors (Lipinski definition) is 4. The molecule has 1 N–H and O–H groups in total. The monoisotopic (exact) mass is 364 g/mol. The minimum Gasteiger partial charge on any atom is -0.474 e. The van der Waals surface area contributed by atoms with E-state index >= 15 is 0 Å². The number of rotatable bonds is 3. The van der Waals surface area contributed by atoms with E-state index in [4.69, 9.17) is 9.47 Å². The van der Waals surface area contributed by atoms with Crippen LogP contribution in [0.25, 0.3) is 0 Å². The van der Waals surface area contributed by atoms with Crippen LogP contribution >= 0.6 is 31.9 Å². The number of morpholine rings is 1. The molecule has 1 aliphatic heterocycles. The van der Waals surface area contributed by atoms with Gasteiger partial charge < -0.3 is 14.8 Å². The summed E-state index contributed by atoms with van der Waals surface area (Å²) >= 11 is 6.76. The van der Waals surface area contributed by atoms with E-state index in [2.05, 4.69) is 42.2 Å². The van der Waals surface area contributed by atoms with Gasteiger partial charge in [-0.2, -0.15) is 0 Å². The summed E-state index contributed by atoms with van der Waals surface area (Å²) in [5.74, 6) is 0.593. The third kappa shape index (κ3) is 3.91. The minimum absolute atomic E-state index is 0.0797. The lowest BCUT2D eigenvalue weighted by molar-refractivity contribution is -0.0477. The Morgan fingerprint density at radius 1 is 1.53 bits per heavy atom. The lowest BCUT2D eigenvalue weighted by atomic mass is 10.2. The molecule has 1 aromatic heterocycles. The summed E-state index contributed by atoms with van der Waals surface area (Å²) in [6.07, 6.45) is 2.03. The number of nitrogens with zero attached hydrogens (tertiary/aromatic N) is 1. The van der Waals surface area contributed by atoms with Gasteiger partial charge in [-0.1, -0.05) is 0 Å². The molecule has 0 aliphatic carbocycles. The van der Waals surface area contributed by atoms with E-state index in [1.807, 2.05) is 13.0 Å². The van der Waals surface area contributed by atoms with Crippen molar-refractivity contribution in [2.45, 2.75) is 19.1 Å². The molecule has 0 bridgehead atoms. The Labute approximate surface area is 117 Å². The molecule has 6 heteroatoms. The van der Waals surface area contributed by atoms with E-state index in [0.29, 0.717) is 12.5 Å². The zero-order chi connectivity index (χ0) is 12.3. The molecule has 2 unspecified atom stereocenters. The van der Waals surface area contributed by atoms with Crippen molar-refractivity contribution in [3.8, 4) is 5.88 Å². The van der Waals surface area contributed by atoms with Gasteiger partial charge in [0.15, 0.2) is 0 Å². The van der Waals surface area contributed by atoms with E-state index in [0.717, 1.165) is 22.0 Å². The average molecular weight is 366 g/mol. The summed E-state index contributed by atoms with van der Waals surface area (Å²) < 4.78 is 13.1. The maximum Gasteiger partial charge on any atom is 0.228 e. The van der Waals surface area contributed by atoms with Crippen LogP contribution in [-0.2, 0) is 4.74 Å². The van der Waals surface area contributed by atoms with Crippen molar-refractivity contribution in [3.05, 3.63) is 21.2 Å². The first-order chi connectivity index (χ1) is 8.15. The molecule has 2 rings (SSSR count). The fourth-order valence-corrected chi connectivity index (χ4v) is 2.75. The van der Waals surface area contributed by atoms with Crippen LogP contribution in [0.1, 0.15) is 6.92 Å². The lowest BCUT2D eigenvalue weighted by Gasteiger charge is -2.28. The average Bonchev–Trinajstić information content (AvgIpc) is 2.28. The van der Waals surface area contributed by atoms with E-state index < -0.39 is 0 Å². The Morgan fingerprint density at radius 3 is 3.06 bits per heavy atom. The van der Waals surface area contributed by atoms with Gasteiger partial charge >= 0.3 is 0 Å². The van der Waals surface area contributed by atoms with Crippen molar-refractivity contribution < 1.29 is 9.47 Å². The van der Waals surface area contributed by atoms with E-state index in [1.54, 1.807) is 6.20 Å². The minimum atomic E-state index is 0.0797. The quantitative estimate of drug-likeness (QED) is 0.892. The maximum atomic E-state index is 5.73. The second kappa shape index (κ2) is 6.13. The zero-order valence-electron chi connectivity index (χ0n) is 9.45. The third-order valence-electron chi connectivity index (χ3n) is 2.41. The Hall–Kier alpha value is -0.170. The van der Waals surface area contributed by atoms with Crippen LogP contribution in [0, 0.1) is 0 Å². The van der Waals surface area contributed by atoms with Gasteiger partial charge in [-0.3, -0.25) is 0 Å². The summed E-state index contributed by atoms with van der Waals surface area (Å²) in [6.45, 7) is 4.27. The first kappa shape index (κ1) is 13.3. The molecule has 1 saturated heterocycles. The number of pyridine rings is 1. The van der Waals surface area contributed by atoms with Crippen LogP contribution < -0.4 is 10.1 Å². The summed E-state index contributed by atoms with van der Waals surface area (Å²) in [5.41, 5.74) is 0. The molecular weight excluding hydrogens is 352 g/mol. The molecule has 1 aromatic rings. The van der Waals surface area contributed by atoms with E-state index in [-0.39, 0.29) is 12.2 Å². The number of aromatic nitrogens is 1. The Balaban J connectivity index is 1.88. The second-order valence-corrected chi connectivity index (χ2v) is 5.75. The number of hydrogen-bond donors (Lipinski definition) is 1. The van der Waals surface area contributed by atoms with Crippen LogP contribution in [0.5, 0.6) is 5.88 Å². The molecule has 17 heavy (non-hydrogen) atoms. The van der Waals surface area contributed by atoms with Crippen molar-refractivity contribution in [2.75, 3.05) is 19.7 Å². The molecule has 0 saturated carbocycles. The summed E-state index contributed by atoms with van der Waals surface area (Å²) in [4.78, 5) is 4.19. The van der Waals surface area contributed by atoms with Crippen LogP contribution in [0.4, 0.5) is 0 Å². The zero-order valence-corrected chi connectivity index (χ0v) is 12.6. The van der Waals surface area contributed by atoms with Gasteiger partial charge in [-0.25, -0.2) is 4.98 Å². The maximum absolute atomic E-state index is 5.73. The number of halogens is 2. The molecular formula is C11H14Br2N2O2. The van der Waals surface area contributed by atoms with Crippen molar-refractivity contribution in [1.29, 1.82) is 0 Å². The topological polar surface area (TPSA) is 43.4 Å². The highest BCUT2D eigenvalue weighted by molar-refractivity contribution is 9.11. The van der Waals surface area contributed by atoms with Crippen LogP contribution in [-0.4, -0.2) is 36.9 Å². The van der Waals surface area contributed by atoms with Gasteiger partial charge in [0.1, 0.15) is 12.7 Å². The fourth-order valence-electron chi connectivity index (χ4n) is 1.65. The molecule has 0 amide bonds. The Bertz CT molecular complexity index is 390. The van der Waals surface area contributed by atoms with Gasteiger partial charge in [-0.05, 0) is 44.8 Å². The highest BCUT2D eigenvalue weighted by Crippen LogP contribution is 2.25. The van der Waals surface area contributed by atoms with Crippen molar-refractivity contribution in [1.82, 2.24) is 10.3 Å². The van der Waals surface area contributed by atoms with Crippen molar-refractivity contribution in [3.63, 3.8) is 0 Å². The van der Waals surface area contributed by atoms with Gasteiger partial charge in [0.2, 0.25) is 5.88 Å². The Morgan fingerprint density at radius 2 is 2.35 bits per heavy atom. The summed E-state index contributed by atoms with van der Waals surface area (Å²) in [7, 11) is 0. The predicted molar refractivity (Wildman–Crippen MR) is 72.3 cm³/mol. The number of nitrogens with one attached hydrogen (secondary N) is 1. The van der Waals surface area contributed by atoms with E-state index in [9.17, 15) is 0 Å². The Kier molecular flexibility index (Phi) is 4.78. The summed E-state index contributed by atoms with van der Waals surface area (Å²) in [5, 5.41) is 3.30. The van der Waals surface area contributed by atoms with Gasteiger partial charge in [0, 0.05) is 23.8 Å². The summed E-state index contributed by atoms with van der Waals surface area (Å²) in [6, 6.07) is 1.91. The molecule has 2 heterocycles. The highest BCUT2D eigenvalue weighted by atomic mass is 79.9. The largest absolute Gasteiger partial charge is 0.474 e. The van der Waals surface area contributed by atoms with Gasteiger partial charge in [-0.15, -0.1) is 0 Å². The van der Waals surface area contributed by atoms with Crippen molar-refractivity contribution in [2.24, 2.45) is 0 Å². The van der Waals surface area contributed by atoms with Crippen LogP contribution in [0.15, 0.2) is 21.2 Å². The molecule has 0 aromatic carbocycles. The molecule has 1 aliphatic rings. The predicted octanol–water partition coefficient (Wildman–Crippen LogP) is 2.36. The molecule has 0 spiro atoms. The second-order valence-electron chi connectivity index (χ2n) is 3.98. The smallest absolute Gasteiger partial charge is 0.228 e. The lowest BCUT2D eigenvalue weighted by Crippen LogP contribution is -2.45. The SMILES string of the molecule is CC1CNCC(COc2ncc(Br)cc2Br)O1. The highest BCUT2D eigenvalue weighted by Gasteiger charge is 2.19.